The highest BCUT2D eigenvalue weighted by atomic mass is 32.2. The first kappa shape index (κ1) is 21.9. The summed E-state index contributed by atoms with van der Waals surface area (Å²) in [5, 5.41) is 11.6. The summed E-state index contributed by atoms with van der Waals surface area (Å²) >= 11 is 3.20. The summed E-state index contributed by atoms with van der Waals surface area (Å²) in [6.45, 7) is 7.13. The Balaban J connectivity index is 1.41. The Hall–Kier alpha value is -2.32. The molecule has 1 unspecified atom stereocenters. The summed E-state index contributed by atoms with van der Waals surface area (Å²) < 4.78 is 1.98. The number of nitrogens with zero attached hydrogens (tertiary/aromatic N) is 5. The van der Waals surface area contributed by atoms with Crippen LogP contribution in [0.25, 0.3) is 11.4 Å². The van der Waals surface area contributed by atoms with Gasteiger partial charge in [-0.1, -0.05) is 17.8 Å². The average Bonchev–Trinajstić information content (AvgIpc) is 3.54. The average molecular weight is 456 g/mol. The number of hydrogen-bond acceptors (Lipinski definition) is 6. The smallest absolute Gasteiger partial charge is 0.233 e. The number of amides is 1. The zero-order valence-electron chi connectivity index (χ0n) is 18.3. The van der Waals surface area contributed by atoms with Gasteiger partial charge in [0, 0.05) is 42.8 Å². The van der Waals surface area contributed by atoms with E-state index in [2.05, 4.69) is 70.7 Å². The van der Waals surface area contributed by atoms with Gasteiger partial charge in [0.15, 0.2) is 11.0 Å². The van der Waals surface area contributed by atoms with Gasteiger partial charge in [0.2, 0.25) is 5.91 Å². The number of likely N-dealkylation sites (tertiary alicyclic amines) is 1. The molecule has 2 aromatic heterocycles. The van der Waals surface area contributed by atoms with Crippen LogP contribution in [0, 0.1) is 0 Å². The zero-order chi connectivity index (χ0) is 21.8. The Kier molecular flexibility index (Phi) is 6.97. The summed E-state index contributed by atoms with van der Waals surface area (Å²) in [7, 11) is 1.96. The Bertz CT molecular complexity index is 996. The molecule has 1 aliphatic rings. The summed E-state index contributed by atoms with van der Waals surface area (Å²) in [5.41, 5.74) is 2.24. The Labute approximate surface area is 192 Å². The van der Waals surface area contributed by atoms with Crippen LogP contribution in [0.5, 0.6) is 0 Å². The molecule has 3 heterocycles. The van der Waals surface area contributed by atoms with Crippen LogP contribution in [-0.4, -0.2) is 51.0 Å². The third kappa shape index (κ3) is 4.65. The maximum Gasteiger partial charge on any atom is 0.233 e. The zero-order valence-corrected chi connectivity index (χ0v) is 20.0. The Morgan fingerprint density at radius 2 is 1.97 bits per heavy atom. The number of thiophene rings is 1. The first-order valence-electron chi connectivity index (χ1n) is 10.8. The van der Waals surface area contributed by atoms with Crippen LogP contribution in [-0.2, 0) is 11.8 Å². The maximum absolute atomic E-state index is 12.9. The van der Waals surface area contributed by atoms with Crippen LogP contribution in [0.3, 0.4) is 0 Å². The lowest BCUT2D eigenvalue weighted by Crippen LogP contribution is -2.31. The van der Waals surface area contributed by atoms with E-state index in [9.17, 15) is 4.79 Å². The minimum Gasteiger partial charge on any atom is -0.372 e. The van der Waals surface area contributed by atoms with Gasteiger partial charge in [-0.3, -0.25) is 4.79 Å². The fourth-order valence-electron chi connectivity index (χ4n) is 4.15. The lowest BCUT2D eigenvalue weighted by molar-refractivity contribution is -0.129. The molecule has 164 valence electrons. The van der Waals surface area contributed by atoms with Crippen molar-refractivity contribution >= 4 is 34.7 Å². The van der Waals surface area contributed by atoms with Crippen LogP contribution in [0.4, 0.5) is 5.69 Å². The second kappa shape index (κ2) is 9.87. The van der Waals surface area contributed by atoms with E-state index in [1.807, 2.05) is 16.5 Å². The van der Waals surface area contributed by atoms with Crippen LogP contribution in [0.1, 0.15) is 37.6 Å². The molecule has 0 spiro atoms. The molecule has 1 atom stereocenters. The Morgan fingerprint density at radius 3 is 2.65 bits per heavy atom. The van der Waals surface area contributed by atoms with Crippen molar-refractivity contribution in [2.24, 2.45) is 7.05 Å². The minimum absolute atomic E-state index is 0.175. The number of benzene rings is 1. The molecule has 1 aliphatic heterocycles. The SMILES string of the molecule is CCN(CC)c1ccc(-c2nnc(SCC(=O)N3CCCC3c3cccs3)n2C)cc1. The van der Waals surface area contributed by atoms with Crippen LogP contribution in [0.2, 0.25) is 0 Å². The van der Waals surface area contributed by atoms with Gasteiger partial charge in [0.25, 0.3) is 0 Å². The van der Waals surface area contributed by atoms with Gasteiger partial charge in [-0.15, -0.1) is 21.5 Å². The van der Waals surface area contributed by atoms with Crippen molar-refractivity contribution in [3.63, 3.8) is 0 Å². The fourth-order valence-corrected chi connectivity index (χ4v) is 5.82. The molecule has 6 nitrogen and oxygen atoms in total. The molecule has 3 aromatic rings. The summed E-state index contributed by atoms with van der Waals surface area (Å²) in [6.07, 6.45) is 2.12. The molecule has 0 bridgehead atoms. The highest BCUT2D eigenvalue weighted by Gasteiger charge is 2.30. The highest BCUT2D eigenvalue weighted by Crippen LogP contribution is 2.35. The molecule has 1 aromatic carbocycles. The summed E-state index contributed by atoms with van der Waals surface area (Å²) in [5.74, 6) is 1.38. The molecule has 0 saturated carbocycles. The number of anilines is 1. The van der Waals surface area contributed by atoms with E-state index in [0.29, 0.717) is 5.75 Å². The molecule has 0 radical (unpaired) electrons. The van der Waals surface area contributed by atoms with Gasteiger partial charge in [0.05, 0.1) is 11.8 Å². The van der Waals surface area contributed by atoms with Crippen molar-refractivity contribution in [1.82, 2.24) is 19.7 Å². The normalized spacial score (nSPS) is 16.1. The topological polar surface area (TPSA) is 54.3 Å². The third-order valence-electron chi connectivity index (χ3n) is 5.86. The molecule has 8 heteroatoms. The van der Waals surface area contributed by atoms with Crippen LogP contribution >= 0.6 is 23.1 Å². The van der Waals surface area contributed by atoms with Gasteiger partial charge in [-0.25, -0.2) is 0 Å². The van der Waals surface area contributed by atoms with Crippen molar-refractivity contribution in [1.29, 1.82) is 0 Å². The first-order valence-corrected chi connectivity index (χ1v) is 12.7. The molecule has 0 N–H and O–H groups in total. The predicted octanol–water partition coefficient (Wildman–Crippen LogP) is 4.85. The van der Waals surface area contributed by atoms with E-state index in [1.54, 1.807) is 11.3 Å². The van der Waals surface area contributed by atoms with Crippen molar-refractivity contribution in [2.45, 2.75) is 37.9 Å². The largest absolute Gasteiger partial charge is 0.372 e. The molecule has 1 saturated heterocycles. The second-order valence-corrected chi connectivity index (χ2v) is 9.56. The molecule has 4 rings (SSSR count). The van der Waals surface area contributed by atoms with Gasteiger partial charge in [-0.2, -0.15) is 0 Å². The lowest BCUT2D eigenvalue weighted by Gasteiger charge is -2.23. The lowest BCUT2D eigenvalue weighted by atomic mass is 10.2. The standard InChI is InChI=1S/C23H29N5OS2/c1-4-27(5-2)18-12-10-17(11-13-18)22-24-25-23(26(22)3)31-16-21(29)28-14-6-8-19(28)20-9-7-15-30-20/h7,9-13,15,19H,4-6,8,14,16H2,1-3H3. The van der Waals surface area contributed by atoms with Crippen molar-refractivity contribution in [3.8, 4) is 11.4 Å². The number of rotatable bonds is 8. The van der Waals surface area contributed by atoms with Gasteiger partial charge < -0.3 is 14.4 Å². The third-order valence-corrected chi connectivity index (χ3v) is 7.84. The number of thioether (sulfide) groups is 1. The number of aromatic nitrogens is 3. The van der Waals surface area contributed by atoms with E-state index < -0.39 is 0 Å². The number of carbonyl (C=O) groups is 1. The fraction of sp³-hybridized carbons (Fsp3) is 0.435. The molecule has 1 amide bonds. The molecule has 0 aliphatic carbocycles. The second-order valence-electron chi connectivity index (χ2n) is 7.63. The van der Waals surface area contributed by atoms with Gasteiger partial charge in [-0.05, 0) is 62.4 Å². The van der Waals surface area contributed by atoms with E-state index in [4.69, 9.17) is 0 Å². The van der Waals surface area contributed by atoms with Crippen molar-refractivity contribution < 1.29 is 4.79 Å². The minimum atomic E-state index is 0.175. The van der Waals surface area contributed by atoms with Gasteiger partial charge >= 0.3 is 0 Å². The molecular weight excluding hydrogens is 426 g/mol. The maximum atomic E-state index is 12.9. The molecule has 1 fully saturated rings. The monoisotopic (exact) mass is 455 g/mol. The summed E-state index contributed by atoms with van der Waals surface area (Å²) in [4.78, 5) is 18.5. The number of carbonyl (C=O) groups excluding carboxylic acids is 1. The van der Waals surface area contributed by atoms with Crippen molar-refractivity contribution in [3.05, 3.63) is 46.7 Å². The van der Waals surface area contributed by atoms with E-state index in [-0.39, 0.29) is 11.9 Å². The van der Waals surface area contributed by atoms with Crippen LogP contribution in [0.15, 0.2) is 46.9 Å². The molecule has 31 heavy (non-hydrogen) atoms. The quantitative estimate of drug-likeness (QED) is 0.455. The number of hydrogen-bond donors (Lipinski definition) is 0. The first-order chi connectivity index (χ1) is 15.1. The molecular formula is C23H29N5OS2. The van der Waals surface area contributed by atoms with E-state index >= 15 is 0 Å². The highest BCUT2D eigenvalue weighted by molar-refractivity contribution is 7.99. The van der Waals surface area contributed by atoms with E-state index in [1.165, 1.54) is 22.3 Å². The van der Waals surface area contributed by atoms with Crippen molar-refractivity contribution in [2.75, 3.05) is 30.3 Å². The predicted molar refractivity (Wildman–Crippen MR) is 129 cm³/mol. The van der Waals surface area contributed by atoms with E-state index in [0.717, 1.165) is 49.0 Å². The van der Waals surface area contributed by atoms with Crippen LogP contribution < -0.4 is 4.90 Å². The Morgan fingerprint density at radius 1 is 1.19 bits per heavy atom. The van der Waals surface area contributed by atoms with Gasteiger partial charge in [0.1, 0.15) is 0 Å². The summed E-state index contributed by atoms with van der Waals surface area (Å²) in [6, 6.07) is 12.9.